The van der Waals surface area contributed by atoms with Gasteiger partial charge in [-0.05, 0) is 36.4 Å². The summed E-state index contributed by atoms with van der Waals surface area (Å²) in [4.78, 5) is 60.5. The molecule has 0 aliphatic carbocycles. The van der Waals surface area contributed by atoms with Crippen molar-refractivity contribution in [3.63, 3.8) is 0 Å². The van der Waals surface area contributed by atoms with E-state index >= 15 is 0 Å². The average molecular weight is 523 g/mol. The van der Waals surface area contributed by atoms with Gasteiger partial charge in [-0.15, -0.1) is 22.7 Å². The monoisotopic (exact) mass is 522 g/mol. The lowest BCUT2D eigenvalue weighted by atomic mass is 10.1. The molecule has 10 nitrogen and oxygen atoms in total. The van der Waals surface area contributed by atoms with E-state index in [1.165, 1.54) is 36.7 Å². The minimum atomic E-state index is -4.20. The van der Waals surface area contributed by atoms with Crippen molar-refractivity contribution in [2.24, 2.45) is 0 Å². The van der Waals surface area contributed by atoms with Gasteiger partial charge in [-0.3, -0.25) is 19.2 Å². The molecule has 172 valence electrons. The van der Waals surface area contributed by atoms with E-state index < -0.39 is 33.5 Å². The van der Waals surface area contributed by atoms with Crippen molar-refractivity contribution in [1.82, 2.24) is 9.97 Å². The Labute approximate surface area is 205 Å². The Balaban J connectivity index is 1.39. The molecule has 0 atom stereocenters. The van der Waals surface area contributed by atoms with Crippen LogP contribution < -0.4 is 9.80 Å². The summed E-state index contributed by atoms with van der Waals surface area (Å²) >= 11 is 2.21. The molecular formula is C22H10N4O6S3. The summed E-state index contributed by atoms with van der Waals surface area (Å²) in [5.74, 6) is -2.53. The minimum absolute atomic E-state index is 0.0614. The first-order valence-corrected chi connectivity index (χ1v) is 13.1. The van der Waals surface area contributed by atoms with Crippen molar-refractivity contribution in [3.8, 4) is 0 Å². The third-order valence-electron chi connectivity index (χ3n) is 5.56. The molecule has 35 heavy (non-hydrogen) atoms. The van der Waals surface area contributed by atoms with E-state index in [9.17, 15) is 27.6 Å². The van der Waals surface area contributed by atoms with Crippen molar-refractivity contribution < 1.29 is 27.6 Å². The first-order chi connectivity index (χ1) is 16.8. The topological polar surface area (TPSA) is 135 Å². The molecule has 2 aliphatic rings. The number of hydrogen-bond donors (Lipinski definition) is 0. The number of rotatable bonds is 4. The second kappa shape index (κ2) is 7.46. The molecule has 0 spiro atoms. The van der Waals surface area contributed by atoms with Crippen LogP contribution in [-0.4, -0.2) is 42.0 Å². The maximum absolute atomic E-state index is 13.4. The number of amides is 4. The van der Waals surface area contributed by atoms with E-state index in [1.807, 2.05) is 0 Å². The summed E-state index contributed by atoms with van der Waals surface area (Å²) in [6.07, 6.45) is 2.91. The van der Waals surface area contributed by atoms with Gasteiger partial charge in [-0.2, -0.15) is 0 Å². The van der Waals surface area contributed by atoms with Crippen LogP contribution in [0.3, 0.4) is 0 Å². The summed E-state index contributed by atoms with van der Waals surface area (Å²) < 4.78 is 26.8. The van der Waals surface area contributed by atoms with E-state index in [4.69, 9.17) is 0 Å². The number of anilines is 2. The maximum Gasteiger partial charge on any atom is 0.268 e. The molecule has 2 aromatic heterocycles. The fourth-order valence-electron chi connectivity index (χ4n) is 3.91. The second-order valence-electron chi connectivity index (χ2n) is 7.44. The van der Waals surface area contributed by atoms with Crippen LogP contribution in [0, 0.1) is 0 Å². The van der Waals surface area contributed by atoms with Gasteiger partial charge in [0.1, 0.15) is 0 Å². The summed E-state index contributed by atoms with van der Waals surface area (Å²) in [5, 5.41) is 3.61. The summed E-state index contributed by atoms with van der Waals surface area (Å²) in [5.41, 5.74) is 0.0122. The van der Waals surface area contributed by atoms with Crippen LogP contribution in [0.4, 0.5) is 10.3 Å². The van der Waals surface area contributed by atoms with Crippen LogP contribution in [0.1, 0.15) is 41.4 Å². The Bertz CT molecular complexity index is 1580. The molecule has 0 radical (unpaired) electrons. The predicted molar refractivity (Wildman–Crippen MR) is 125 cm³/mol. The molecule has 4 heterocycles. The fourth-order valence-corrected chi connectivity index (χ4v) is 6.50. The number of sulfone groups is 1. The van der Waals surface area contributed by atoms with Gasteiger partial charge >= 0.3 is 0 Å². The maximum atomic E-state index is 13.4. The Morgan fingerprint density at radius 1 is 0.600 bits per heavy atom. The van der Waals surface area contributed by atoms with Gasteiger partial charge < -0.3 is 0 Å². The fraction of sp³-hybridized carbons (Fsp3) is 0. The van der Waals surface area contributed by atoms with Gasteiger partial charge in [0.2, 0.25) is 9.84 Å². The smallest absolute Gasteiger partial charge is 0.268 e. The number of nitrogens with zero attached hydrogens (tertiary/aromatic N) is 4. The van der Waals surface area contributed by atoms with Crippen LogP contribution in [-0.2, 0) is 9.84 Å². The highest BCUT2D eigenvalue weighted by Gasteiger charge is 2.41. The third kappa shape index (κ3) is 3.02. The van der Waals surface area contributed by atoms with E-state index in [1.54, 1.807) is 10.8 Å². The summed E-state index contributed by atoms with van der Waals surface area (Å²) in [6, 6.07) is 7.30. The number of carbonyl (C=O) groups excluding carboxylic acids is 4. The van der Waals surface area contributed by atoms with Gasteiger partial charge in [-0.25, -0.2) is 28.2 Å². The third-order valence-corrected chi connectivity index (χ3v) is 8.82. The molecule has 4 aromatic rings. The molecule has 2 aromatic carbocycles. The van der Waals surface area contributed by atoms with E-state index in [2.05, 4.69) is 9.97 Å². The quantitative estimate of drug-likeness (QED) is 0.373. The highest BCUT2D eigenvalue weighted by molar-refractivity contribution is 7.91. The van der Waals surface area contributed by atoms with Gasteiger partial charge in [0, 0.05) is 23.2 Å². The number of fused-ring (bicyclic) bond motifs is 2. The Morgan fingerprint density at radius 3 is 1.37 bits per heavy atom. The van der Waals surface area contributed by atoms with Gasteiger partial charge in [-0.1, -0.05) is 0 Å². The lowest BCUT2D eigenvalue weighted by molar-refractivity contribution is 0.0910. The molecule has 0 N–H and O–H groups in total. The molecule has 2 aliphatic heterocycles. The lowest BCUT2D eigenvalue weighted by Crippen LogP contribution is -2.29. The predicted octanol–water partition coefficient (Wildman–Crippen LogP) is 3.03. The first-order valence-electron chi connectivity index (χ1n) is 9.89. The standard InChI is InChI=1S/C22H10N4O6S3/c27-17-13-3-1-11(9-15(13)19(29)25(17)21-23-5-7-33-21)35(31,32)12-2-4-14-16(10-12)20(30)26(18(14)28)22-24-6-8-34-22/h1-10H. The highest BCUT2D eigenvalue weighted by atomic mass is 32.2. The van der Waals surface area contributed by atoms with Gasteiger partial charge in [0.25, 0.3) is 23.6 Å². The second-order valence-corrected chi connectivity index (χ2v) is 11.1. The molecular weight excluding hydrogens is 512 g/mol. The summed E-state index contributed by atoms with van der Waals surface area (Å²) in [7, 11) is -4.20. The average Bonchev–Trinajstić information content (AvgIpc) is 3.64. The van der Waals surface area contributed by atoms with Crippen molar-refractivity contribution in [2.45, 2.75) is 9.79 Å². The molecule has 0 saturated heterocycles. The largest absolute Gasteiger partial charge is 0.268 e. The van der Waals surface area contributed by atoms with Crippen molar-refractivity contribution in [1.29, 1.82) is 0 Å². The lowest BCUT2D eigenvalue weighted by Gasteiger charge is -2.08. The van der Waals surface area contributed by atoms with Crippen LogP contribution in [0.5, 0.6) is 0 Å². The minimum Gasteiger partial charge on any atom is -0.268 e. The van der Waals surface area contributed by atoms with Crippen molar-refractivity contribution in [2.75, 3.05) is 9.80 Å². The van der Waals surface area contributed by atoms with E-state index in [-0.39, 0.29) is 42.3 Å². The molecule has 0 unspecified atom stereocenters. The number of imide groups is 2. The van der Waals surface area contributed by atoms with Crippen molar-refractivity contribution >= 4 is 66.4 Å². The van der Waals surface area contributed by atoms with Crippen LogP contribution >= 0.6 is 22.7 Å². The normalized spacial score (nSPS) is 15.2. The number of benzene rings is 2. The van der Waals surface area contributed by atoms with Crippen molar-refractivity contribution in [3.05, 3.63) is 81.8 Å². The Hall–Kier alpha value is -4.07. The van der Waals surface area contributed by atoms with Gasteiger partial charge in [0.15, 0.2) is 10.3 Å². The van der Waals surface area contributed by atoms with Crippen LogP contribution in [0.2, 0.25) is 0 Å². The van der Waals surface area contributed by atoms with E-state index in [0.717, 1.165) is 44.6 Å². The number of hydrogen-bond acceptors (Lipinski definition) is 10. The number of carbonyl (C=O) groups is 4. The molecule has 4 amide bonds. The molecule has 13 heteroatoms. The zero-order chi connectivity index (χ0) is 24.5. The molecule has 0 saturated carbocycles. The van der Waals surface area contributed by atoms with Crippen LogP contribution in [0.15, 0.2) is 69.3 Å². The molecule has 0 bridgehead atoms. The SMILES string of the molecule is O=C1c2ccc(S(=O)(=O)c3ccc4c(c3)C(=O)N(c3nccs3)C4=O)cc2C(=O)N1c1nccs1. The first kappa shape index (κ1) is 21.5. The highest BCUT2D eigenvalue weighted by Crippen LogP contribution is 2.35. The molecule has 6 rings (SSSR count). The van der Waals surface area contributed by atoms with E-state index in [0.29, 0.717) is 0 Å². The summed E-state index contributed by atoms with van der Waals surface area (Å²) in [6.45, 7) is 0. The zero-order valence-electron chi connectivity index (χ0n) is 17.2. The Morgan fingerprint density at radius 2 is 1.00 bits per heavy atom. The number of thiazole rings is 2. The van der Waals surface area contributed by atoms with Gasteiger partial charge in [0.05, 0.1) is 32.0 Å². The Kier molecular flexibility index (Phi) is 4.58. The number of aromatic nitrogens is 2. The zero-order valence-corrected chi connectivity index (χ0v) is 19.7. The molecule has 0 fully saturated rings. The van der Waals surface area contributed by atoms with Crippen LogP contribution in [0.25, 0.3) is 0 Å².